The first kappa shape index (κ1) is 95.6. The molecule has 42 heteroatoms. The van der Waals surface area contributed by atoms with E-state index < -0.39 is 228 Å². The number of hydrogen-bond donors (Lipinski definition) is 22. The Hall–Kier alpha value is -4.96. The lowest BCUT2D eigenvalue weighted by molar-refractivity contribution is -0.366. The minimum atomic E-state index is -1.95. The maximum Gasteiger partial charge on any atom is 0.234 e. The van der Waals surface area contributed by atoms with Crippen molar-refractivity contribution in [3.05, 3.63) is 0 Å². The van der Waals surface area contributed by atoms with E-state index in [1.165, 1.54) is 23.6 Å². The van der Waals surface area contributed by atoms with Gasteiger partial charge in [0.15, 0.2) is 31.5 Å². The summed E-state index contributed by atoms with van der Waals surface area (Å²) in [7, 11) is 0. The highest BCUT2D eigenvalue weighted by atomic mass is 16.8. The molecule has 5 rings (SSSR count). The molecular weight excluding hydrogens is 1470 g/mol. The molecule has 5 aliphatic heterocycles. The maximum atomic E-state index is 13.3. The molecule has 0 bridgehead atoms. The van der Waals surface area contributed by atoms with E-state index in [0.29, 0.717) is 77.2 Å². The molecule has 636 valence electrons. The number of unbranched alkanes of at least 4 members (excludes halogenated alkanes) is 6. The van der Waals surface area contributed by atoms with Gasteiger partial charge >= 0.3 is 0 Å². The number of aliphatic hydroxyl groups is 16. The van der Waals surface area contributed by atoms with E-state index in [-0.39, 0.29) is 103 Å². The van der Waals surface area contributed by atoms with Crippen molar-refractivity contribution >= 4 is 47.0 Å². The van der Waals surface area contributed by atoms with Crippen LogP contribution in [0.5, 0.6) is 0 Å². The van der Waals surface area contributed by atoms with Crippen molar-refractivity contribution in [1.82, 2.24) is 41.7 Å². The Bertz CT molecular complexity index is 2690. The first-order valence-electron chi connectivity index (χ1n) is 37.6. The summed E-state index contributed by atoms with van der Waals surface area (Å²) in [6, 6.07) is 0. The minimum absolute atomic E-state index is 0.00901. The summed E-state index contributed by atoms with van der Waals surface area (Å²) in [4.78, 5) is 106. The van der Waals surface area contributed by atoms with Gasteiger partial charge in [-0.1, -0.05) is 19.8 Å². The number of nitrogens with one attached hydrogen (secondary N) is 6. The molecule has 0 saturated carbocycles. The van der Waals surface area contributed by atoms with E-state index in [2.05, 4.69) is 31.9 Å². The molecule has 0 aromatic rings. The van der Waals surface area contributed by atoms with Crippen LogP contribution in [-0.2, 0) is 85.7 Å². The van der Waals surface area contributed by atoms with Gasteiger partial charge in [-0.25, -0.2) is 0 Å². The Balaban J connectivity index is 1.03. The monoisotopic (exact) mass is 1590 g/mol. The standard InChI is InChI=1S/C68H120N8O34/c1-4-38(79)15-8-5-10-18-69-43(81)27-75(29-45(83)71-20-12-7-13-21-72-46(84)30-76(31-47(85)73-22-25-102-64-58(96)54(92)49(87)36(2)105-64)32-48(86)74-23-26-103-65-59(97)55(93)50(88)37(3)106-65)28-44(82)70-19-11-6-9-16-39(80)17-14-24-101-67-62(100)63(110-68-61(99)57(95)52(90)41(34-78)108-68)53(91)42(109-67)35-104-66-60(98)56(94)51(89)40(33-77)107-66/h36-37,40-42,49-68,77-78,87-100H,4-35H2,1-3H3,(H,69,81)(H,70,82)(H,71,83)(H,72,84)(H,73,85)(H,74,86)/t36-,37-,40+,41+,42+,49+,50+,51+,52+,53+,54-,55+,56-,57-,58-,59-,60-,61-,62-,63-,64+,65+,66-,67+,68+/m0/s1. The van der Waals surface area contributed by atoms with Gasteiger partial charge in [-0.05, 0) is 65.2 Å². The number of aliphatic hydroxyl groups excluding tert-OH is 16. The lowest BCUT2D eigenvalue weighted by Gasteiger charge is -2.46. The highest BCUT2D eigenvalue weighted by molar-refractivity contribution is 5.85. The summed E-state index contributed by atoms with van der Waals surface area (Å²) in [5, 5.41) is 181. The number of carbonyl (C=O) groups excluding carboxylic acids is 8. The first-order chi connectivity index (χ1) is 52.4. The minimum Gasteiger partial charge on any atom is -0.394 e. The van der Waals surface area contributed by atoms with Crippen LogP contribution in [0.1, 0.15) is 111 Å². The van der Waals surface area contributed by atoms with Crippen molar-refractivity contribution < 1.29 is 167 Å². The summed E-state index contributed by atoms with van der Waals surface area (Å²) in [5.41, 5.74) is 0. The van der Waals surface area contributed by atoms with Crippen LogP contribution < -0.4 is 31.9 Å². The number of ketones is 2. The average molecular weight is 1590 g/mol. The lowest BCUT2D eigenvalue weighted by atomic mass is 9.96. The van der Waals surface area contributed by atoms with Crippen molar-refractivity contribution in [1.29, 1.82) is 0 Å². The SMILES string of the molecule is CCC(=O)CCCCCNC(=O)CN(CC(=O)NCCCCCNC(=O)CN(CC(=O)NCCO[C@@H]1O[C@@H](C)[C@@H](O)[C@H](O)[C@@H]1O)CC(=O)NCCO[C@@H]1O[C@@H](C)[C@@H](O)[C@@H](O)[C@@H]1O)CC(=O)NCCCCCC(=O)CCCO[C@@H]1O[C@H](CO[C@H]2O[C@H](CO)[C@@H](O)[C@H](O)[C@@H]2O)[C@@H](O)[C@H](O[C@H]2O[C@H](CO)[C@@H](O)[C@H](O)[C@@H]2O)[C@@H]1O. The number of Topliss-reactive ketones (excluding diaryl/α,β-unsaturated/α-hetero) is 2. The van der Waals surface area contributed by atoms with Crippen molar-refractivity contribution in [3.63, 3.8) is 0 Å². The molecule has 22 N–H and O–H groups in total. The number of nitrogens with zero attached hydrogens (tertiary/aromatic N) is 2. The average Bonchev–Trinajstić information content (AvgIpc) is 0.793. The zero-order chi connectivity index (χ0) is 81.1. The molecule has 0 spiro atoms. The number of ether oxygens (including phenoxy) is 10. The van der Waals surface area contributed by atoms with Crippen LogP contribution in [0.25, 0.3) is 0 Å². The van der Waals surface area contributed by atoms with Crippen LogP contribution >= 0.6 is 0 Å². The molecule has 0 unspecified atom stereocenters. The van der Waals surface area contributed by atoms with Gasteiger partial charge in [-0.15, -0.1) is 0 Å². The van der Waals surface area contributed by atoms with Gasteiger partial charge in [0.1, 0.15) is 121 Å². The summed E-state index contributed by atoms with van der Waals surface area (Å²) in [5.74, 6) is -3.21. The Morgan fingerprint density at radius 1 is 0.318 bits per heavy atom. The number of amides is 6. The number of hydrogen-bond acceptors (Lipinski definition) is 36. The van der Waals surface area contributed by atoms with E-state index in [1.54, 1.807) is 6.92 Å². The molecule has 42 nitrogen and oxygen atoms in total. The smallest absolute Gasteiger partial charge is 0.234 e. The van der Waals surface area contributed by atoms with Crippen LogP contribution in [-0.4, -0.2) is 410 Å². The summed E-state index contributed by atoms with van der Waals surface area (Å²) in [6.07, 6.45) is -33.2. The predicted molar refractivity (Wildman–Crippen MR) is 373 cm³/mol. The molecule has 0 aromatic heterocycles. The van der Waals surface area contributed by atoms with Gasteiger partial charge in [0.2, 0.25) is 35.4 Å². The zero-order valence-corrected chi connectivity index (χ0v) is 62.5. The topological polar surface area (TPSA) is 631 Å². The third-order valence-electron chi connectivity index (χ3n) is 19.0. The van der Waals surface area contributed by atoms with Crippen LogP contribution in [0.2, 0.25) is 0 Å². The van der Waals surface area contributed by atoms with Gasteiger partial charge in [0.25, 0.3) is 0 Å². The second-order valence-electron chi connectivity index (χ2n) is 27.9. The largest absolute Gasteiger partial charge is 0.394 e. The van der Waals surface area contributed by atoms with E-state index in [0.717, 1.165) is 0 Å². The second kappa shape index (κ2) is 50.4. The Kier molecular flexibility index (Phi) is 43.8. The summed E-state index contributed by atoms with van der Waals surface area (Å²) < 4.78 is 55.4. The molecule has 6 amide bonds. The Labute approximate surface area is 636 Å². The molecular formula is C68H120N8O34. The maximum absolute atomic E-state index is 13.3. The predicted octanol–water partition coefficient (Wildman–Crippen LogP) is -10.9. The lowest BCUT2D eigenvalue weighted by Crippen LogP contribution is -2.65. The third kappa shape index (κ3) is 32.0. The van der Waals surface area contributed by atoms with Crippen LogP contribution in [0.3, 0.4) is 0 Å². The van der Waals surface area contributed by atoms with Crippen molar-refractivity contribution in [2.45, 2.75) is 264 Å². The number of carbonyl (C=O) groups is 8. The fourth-order valence-corrected chi connectivity index (χ4v) is 12.3. The van der Waals surface area contributed by atoms with E-state index >= 15 is 0 Å². The molecule has 110 heavy (non-hydrogen) atoms. The zero-order valence-electron chi connectivity index (χ0n) is 62.5. The van der Waals surface area contributed by atoms with Crippen molar-refractivity contribution in [3.8, 4) is 0 Å². The summed E-state index contributed by atoms with van der Waals surface area (Å²) in [6.45, 7) is 0.220. The first-order valence-corrected chi connectivity index (χ1v) is 37.6. The summed E-state index contributed by atoms with van der Waals surface area (Å²) >= 11 is 0. The normalized spacial score (nSPS) is 32.6. The molecule has 5 fully saturated rings. The molecule has 0 radical (unpaired) electrons. The number of rotatable bonds is 51. The van der Waals surface area contributed by atoms with Gasteiger partial charge in [0.05, 0.1) is 91.1 Å². The van der Waals surface area contributed by atoms with Gasteiger partial charge in [0, 0.05) is 65.0 Å². The molecule has 5 heterocycles. The van der Waals surface area contributed by atoms with E-state index in [9.17, 15) is 120 Å². The van der Waals surface area contributed by atoms with Gasteiger partial charge < -0.3 is 161 Å². The quantitative estimate of drug-likeness (QED) is 0.0252. The van der Waals surface area contributed by atoms with Crippen molar-refractivity contribution in [2.24, 2.45) is 0 Å². The van der Waals surface area contributed by atoms with Crippen LogP contribution in [0.15, 0.2) is 0 Å². The van der Waals surface area contributed by atoms with Gasteiger partial charge in [-0.2, -0.15) is 0 Å². The van der Waals surface area contributed by atoms with Crippen LogP contribution in [0.4, 0.5) is 0 Å². The molecule has 0 aromatic carbocycles. The Morgan fingerprint density at radius 2 is 0.636 bits per heavy atom. The highest BCUT2D eigenvalue weighted by Crippen LogP contribution is 2.32. The van der Waals surface area contributed by atoms with Crippen LogP contribution in [0, 0.1) is 0 Å². The molecule has 25 atom stereocenters. The van der Waals surface area contributed by atoms with E-state index in [1.807, 2.05) is 0 Å². The molecule has 5 aliphatic rings. The third-order valence-corrected chi connectivity index (χ3v) is 19.0. The van der Waals surface area contributed by atoms with E-state index in [4.69, 9.17) is 47.4 Å². The second-order valence-corrected chi connectivity index (χ2v) is 27.9. The van der Waals surface area contributed by atoms with Gasteiger partial charge in [-0.3, -0.25) is 48.2 Å². The van der Waals surface area contributed by atoms with Crippen molar-refractivity contribution in [2.75, 3.05) is 118 Å². The fourth-order valence-electron chi connectivity index (χ4n) is 12.3. The fraction of sp³-hybridized carbons (Fsp3) is 0.882. The highest BCUT2D eigenvalue weighted by Gasteiger charge is 2.53. The Morgan fingerprint density at radius 3 is 1.04 bits per heavy atom. The molecule has 0 aliphatic carbocycles. The molecule has 5 saturated heterocycles.